The summed E-state index contributed by atoms with van der Waals surface area (Å²) in [4.78, 5) is 32.2. The highest BCUT2D eigenvalue weighted by Crippen LogP contribution is 2.29. The van der Waals surface area contributed by atoms with Crippen molar-refractivity contribution >= 4 is 28.3 Å². The van der Waals surface area contributed by atoms with E-state index < -0.39 is 5.82 Å². The number of nitrogens with zero attached hydrogens (tertiary/aromatic N) is 5. The molecule has 0 bridgehead atoms. The van der Waals surface area contributed by atoms with E-state index in [0.29, 0.717) is 31.1 Å². The minimum Gasteiger partial charge on any atom is -0.378 e. The summed E-state index contributed by atoms with van der Waals surface area (Å²) in [5.41, 5.74) is 4.28. The van der Waals surface area contributed by atoms with Gasteiger partial charge in [-0.1, -0.05) is 13.0 Å². The van der Waals surface area contributed by atoms with E-state index in [1.807, 2.05) is 19.2 Å². The lowest BCUT2D eigenvalue weighted by Gasteiger charge is -2.28. The fourth-order valence-electron chi connectivity index (χ4n) is 4.51. The van der Waals surface area contributed by atoms with Crippen molar-refractivity contribution in [2.24, 2.45) is 0 Å². The zero-order valence-corrected chi connectivity index (χ0v) is 20.7. The van der Waals surface area contributed by atoms with E-state index in [0.717, 1.165) is 35.6 Å². The van der Waals surface area contributed by atoms with Crippen LogP contribution in [0.2, 0.25) is 0 Å². The summed E-state index contributed by atoms with van der Waals surface area (Å²) in [6, 6.07) is 8.60. The van der Waals surface area contributed by atoms with Crippen LogP contribution < -0.4 is 15.5 Å². The Morgan fingerprint density at radius 3 is 2.78 bits per heavy atom. The van der Waals surface area contributed by atoms with Crippen molar-refractivity contribution < 1.29 is 13.9 Å². The molecule has 1 amide bonds. The monoisotopic (exact) mass is 501 g/mol. The van der Waals surface area contributed by atoms with Crippen LogP contribution in [0, 0.1) is 5.82 Å². The van der Waals surface area contributed by atoms with E-state index >= 15 is 0 Å². The fraction of sp³-hybridized carbons (Fsp3) is 0.296. The summed E-state index contributed by atoms with van der Waals surface area (Å²) in [6.45, 7) is 5.61. The molecule has 0 spiro atoms. The number of hydrogen-bond donors (Lipinski definition) is 2. The van der Waals surface area contributed by atoms with Gasteiger partial charge in [-0.25, -0.2) is 14.4 Å². The Balaban J connectivity index is 1.35. The van der Waals surface area contributed by atoms with Gasteiger partial charge in [-0.2, -0.15) is 0 Å². The van der Waals surface area contributed by atoms with Gasteiger partial charge in [0.15, 0.2) is 0 Å². The van der Waals surface area contributed by atoms with Gasteiger partial charge in [-0.15, -0.1) is 0 Å². The van der Waals surface area contributed by atoms with Crippen molar-refractivity contribution in [3.8, 4) is 11.3 Å². The van der Waals surface area contributed by atoms with Crippen LogP contribution in [0.15, 0.2) is 55.2 Å². The minimum absolute atomic E-state index is 0.0414. The number of ether oxygens (including phenoxy) is 1. The van der Waals surface area contributed by atoms with Gasteiger partial charge in [-0.05, 0) is 23.8 Å². The zero-order valence-electron chi connectivity index (χ0n) is 20.7. The number of rotatable bonds is 7. The van der Waals surface area contributed by atoms with Gasteiger partial charge in [0.1, 0.15) is 18.0 Å². The van der Waals surface area contributed by atoms with Crippen molar-refractivity contribution in [3.63, 3.8) is 0 Å². The number of pyridine rings is 2. The summed E-state index contributed by atoms with van der Waals surface area (Å²) in [5, 5.41) is 6.15. The molecule has 10 heteroatoms. The molecule has 1 atom stereocenters. The standard InChI is InChI=1S/C27H28FN7O2/c1-17(20-3-4-22(28)25-21(27(36)29-2)5-6-31-26(20)25)13-32-24-12-23(33-16-34-24)18-11-19(15-30-14-18)35-7-9-37-10-8-35/h3-6,11-12,14-17H,7-10,13H2,1-2H3,(H,29,36)(H,32,33,34). The number of hydrogen-bond acceptors (Lipinski definition) is 8. The third kappa shape index (κ3) is 5.19. The highest BCUT2D eigenvalue weighted by molar-refractivity contribution is 6.06. The maximum absolute atomic E-state index is 14.7. The van der Waals surface area contributed by atoms with Crippen LogP contribution in [0.1, 0.15) is 28.8 Å². The molecule has 4 heterocycles. The average Bonchev–Trinajstić information content (AvgIpc) is 2.96. The highest BCUT2D eigenvalue weighted by atomic mass is 19.1. The number of halogens is 1. The summed E-state index contributed by atoms with van der Waals surface area (Å²) in [6.07, 6.45) is 6.70. The van der Waals surface area contributed by atoms with Gasteiger partial charge in [0.05, 0.1) is 41.9 Å². The molecule has 1 aromatic carbocycles. The second-order valence-corrected chi connectivity index (χ2v) is 8.90. The first kappa shape index (κ1) is 24.5. The summed E-state index contributed by atoms with van der Waals surface area (Å²) < 4.78 is 20.2. The van der Waals surface area contributed by atoms with E-state index in [1.165, 1.54) is 31.7 Å². The van der Waals surface area contributed by atoms with Crippen LogP contribution in [0.3, 0.4) is 0 Å². The van der Waals surface area contributed by atoms with Gasteiger partial charge in [0.25, 0.3) is 5.91 Å². The number of aromatic nitrogens is 4. The number of benzene rings is 1. The van der Waals surface area contributed by atoms with Crippen molar-refractivity contribution in [2.75, 3.05) is 50.1 Å². The second kappa shape index (κ2) is 10.8. The van der Waals surface area contributed by atoms with Crippen molar-refractivity contribution in [1.29, 1.82) is 0 Å². The molecule has 4 aromatic rings. The number of carbonyl (C=O) groups is 1. The highest BCUT2D eigenvalue weighted by Gasteiger charge is 2.19. The molecule has 1 aliphatic heterocycles. The first-order valence-corrected chi connectivity index (χ1v) is 12.2. The summed E-state index contributed by atoms with van der Waals surface area (Å²) >= 11 is 0. The Labute approximate surface area is 214 Å². The molecule has 1 aliphatic rings. The van der Waals surface area contributed by atoms with Crippen LogP contribution in [0.5, 0.6) is 0 Å². The SMILES string of the molecule is CNC(=O)c1ccnc2c(C(C)CNc3cc(-c4cncc(N5CCOCC5)c4)ncn3)ccc(F)c12. The lowest BCUT2D eigenvalue weighted by atomic mass is 9.95. The molecule has 1 fully saturated rings. The lowest BCUT2D eigenvalue weighted by Crippen LogP contribution is -2.36. The largest absolute Gasteiger partial charge is 0.378 e. The maximum atomic E-state index is 14.7. The average molecular weight is 502 g/mol. The molecule has 0 saturated carbocycles. The van der Waals surface area contributed by atoms with E-state index in [-0.39, 0.29) is 22.8 Å². The third-order valence-corrected chi connectivity index (χ3v) is 6.53. The van der Waals surface area contributed by atoms with Gasteiger partial charge >= 0.3 is 0 Å². The normalized spacial score (nSPS) is 14.4. The molecule has 1 saturated heterocycles. The fourth-order valence-corrected chi connectivity index (χ4v) is 4.51. The van der Waals surface area contributed by atoms with E-state index in [1.54, 1.807) is 12.3 Å². The number of anilines is 2. The first-order chi connectivity index (χ1) is 18.0. The Hall–Kier alpha value is -4.18. The molecule has 37 heavy (non-hydrogen) atoms. The molecular weight excluding hydrogens is 473 g/mol. The Kier molecular flexibility index (Phi) is 7.18. The van der Waals surface area contributed by atoms with Crippen LogP contribution in [0.4, 0.5) is 15.9 Å². The van der Waals surface area contributed by atoms with Crippen molar-refractivity contribution in [1.82, 2.24) is 25.3 Å². The summed E-state index contributed by atoms with van der Waals surface area (Å²) in [5.74, 6) is -0.201. The van der Waals surface area contributed by atoms with Gasteiger partial charge in [0, 0.05) is 62.0 Å². The molecule has 9 nitrogen and oxygen atoms in total. The van der Waals surface area contributed by atoms with E-state index in [9.17, 15) is 9.18 Å². The second-order valence-electron chi connectivity index (χ2n) is 8.90. The lowest BCUT2D eigenvalue weighted by molar-refractivity contribution is 0.0964. The predicted molar refractivity (Wildman–Crippen MR) is 140 cm³/mol. The first-order valence-electron chi connectivity index (χ1n) is 12.2. The number of fused-ring (bicyclic) bond motifs is 1. The molecule has 5 rings (SSSR count). The summed E-state index contributed by atoms with van der Waals surface area (Å²) in [7, 11) is 1.52. The van der Waals surface area contributed by atoms with Gasteiger partial charge in [-0.3, -0.25) is 14.8 Å². The Morgan fingerprint density at radius 1 is 1.14 bits per heavy atom. The molecule has 190 valence electrons. The van der Waals surface area contributed by atoms with Gasteiger partial charge < -0.3 is 20.3 Å². The zero-order chi connectivity index (χ0) is 25.8. The molecule has 1 unspecified atom stereocenters. The molecule has 0 radical (unpaired) electrons. The van der Waals surface area contributed by atoms with Crippen LogP contribution >= 0.6 is 0 Å². The van der Waals surface area contributed by atoms with Crippen molar-refractivity contribution in [3.05, 3.63) is 72.2 Å². The predicted octanol–water partition coefficient (Wildman–Crippen LogP) is 3.64. The van der Waals surface area contributed by atoms with Gasteiger partial charge in [0.2, 0.25) is 0 Å². The smallest absolute Gasteiger partial charge is 0.251 e. The number of amides is 1. The van der Waals surface area contributed by atoms with E-state index in [4.69, 9.17) is 4.74 Å². The van der Waals surface area contributed by atoms with Crippen LogP contribution in [-0.4, -0.2) is 65.7 Å². The number of morpholine rings is 1. The topological polar surface area (TPSA) is 105 Å². The number of nitrogens with one attached hydrogen (secondary N) is 2. The van der Waals surface area contributed by atoms with E-state index in [2.05, 4.69) is 41.5 Å². The molecule has 3 aromatic heterocycles. The minimum atomic E-state index is -0.473. The third-order valence-electron chi connectivity index (χ3n) is 6.53. The maximum Gasteiger partial charge on any atom is 0.251 e. The quantitative estimate of drug-likeness (QED) is 0.396. The molecule has 2 N–H and O–H groups in total. The molecular formula is C27H28FN7O2. The van der Waals surface area contributed by atoms with Crippen LogP contribution in [0.25, 0.3) is 22.2 Å². The van der Waals surface area contributed by atoms with Crippen molar-refractivity contribution in [2.45, 2.75) is 12.8 Å². The Bertz CT molecular complexity index is 1430. The number of carbonyl (C=O) groups excluding carboxylic acids is 1. The van der Waals surface area contributed by atoms with Crippen LogP contribution in [-0.2, 0) is 4.74 Å². The Morgan fingerprint density at radius 2 is 1.97 bits per heavy atom. The molecule has 0 aliphatic carbocycles.